The van der Waals surface area contributed by atoms with Crippen molar-refractivity contribution >= 4 is 12.5 Å². The van der Waals surface area contributed by atoms with Crippen LogP contribution in [0.3, 0.4) is 0 Å². The van der Waals surface area contributed by atoms with Gasteiger partial charge in [-0.1, -0.05) is 0 Å². The van der Waals surface area contributed by atoms with Gasteiger partial charge >= 0.3 is 6.09 Å². The molecule has 0 aromatic heterocycles. The van der Waals surface area contributed by atoms with Crippen LogP contribution in [-0.2, 0) is 9.53 Å². The van der Waals surface area contributed by atoms with Gasteiger partial charge in [0.1, 0.15) is 5.60 Å². The zero-order chi connectivity index (χ0) is 16.2. The lowest BCUT2D eigenvalue weighted by Gasteiger charge is -2.45. The van der Waals surface area contributed by atoms with E-state index < -0.39 is 5.60 Å². The van der Waals surface area contributed by atoms with E-state index in [9.17, 15) is 9.59 Å². The number of piperidine rings is 1. The molecule has 0 aromatic carbocycles. The zero-order valence-electron chi connectivity index (χ0n) is 13.9. The molecular formula is C15H28N4O3. The molecule has 2 rings (SSSR count). The average molecular weight is 312 g/mol. The number of likely N-dealkylation sites (tertiary alicyclic amines) is 1. The Labute approximate surface area is 132 Å². The number of nitrogens with zero attached hydrogens (tertiary/aromatic N) is 3. The molecule has 0 saturated carbocycles. The van der Waals surface area contributed by atoms with Gasteiger partial charge in [-0.3, -0.25) is 20.0 Å². The SMILES string of the molecule is CC(C)(C)OC(=O)N1CCCCC1N1CCN(NC=O)CC1. The van der Waals surface area contributed by atoms with Crippen molar-refractivity contribution in [2.45, 2.75) is 51.8 Å². The Morgan fingerprint density at radius 1 is 1.14 bits per heavy atom. The molecule has 2 heterocycles. The van der Waals surface area contributed by atoms with Gasteiger partial charge in [0.15, 0.2) is 0 Å². The van der Waals surface area contributed by atoms with Gasteiger partial charge in [0, 0.05) is 32.7 Å². The smallest absolute Gasteiger partial charge is 0.411 e. The first kappa shape index (κ1) is 17.0. The minimum absolute atomic E-state index is 0.113. The van der Waals surface area contributed by atoms with Crippen molar-refractivity contribution in [3.8, 4) is 0 Å². The van der Waals surface area contributed by atoms with E-state index in [-0.39, 0.29) is 12.3 Å². The number of carbonyl (C=O) groups is 2. The monoisotopic (exact) mass is 312 g/mol. The summed E-state index contributed by atoms with van der Waals surface area (Å²) in [5.74, 6) is 0. The van der Waals surface area contributed by atoms with Crippen LogP contribution in [0.1, 0.15) is 40.0 Å². The van der Waals surface area contributed by atoms with Gasteiger partial charge in [-0.2, -0.15) is 0 Å². The third kappa shape index (κ3) is 4.58. The van der Waals surface area contributed by atoms with Gasteiger partial charge in [0.05, 0.1) is 6.17 Å². The van der Waals surface area contributed by atoms with E-state index in [0.717, 1.165) is 52.0 Å². The van der Waals surface area contributed by atoms with Crippen LogP contribution >= 0.6 is 0 Å². The highest BCUT2D eigenvalue weighted by Gasteiger charge is 2.35. The average Bonchev–Trinajstić information content (AvgIpc) is 2.47. The molecule has 0 radical (unpaired) electrons. The fourth-order valence-electron chi connectivity index (χ4n) is 3.05. The maximum atomic E-state index is 12.4. The summed E-state index contributed by atoms with van der Waals surface area (Å²) in [6.07, 6.45) is 3.76. The molecule has 2 saturated heterocycles. The number of hydrogen-bond acceptors (Lipinski definition) is 5. The summed E-state index contributed by atoms with van der Waals surface area (Å²) >= 11 is 0. The van der Waals surface area contributed by atoms with Gasteiger partial charge in [-0.25, -0.2) is 9.80 Å². The Balaban J connectivity index is 1.95. The molecule has 0 bridgehead atoms. The van der Waals surface area contributed by atoms with E-state index in [1.54, 1.807) is 0 Å². The summed E-state index contributed by atoms with van der Waals surface area (Å²) < 4.78 is 5.55. The topological polar surface area (TPSA) is 65.1 Å². The van der Waals surface area contributed by atoms with Gasteiger partial charge in [-0.15, -0.1) is 0 Å². The van der Waals surface area contributed by atoms with Gasteiger partial charge in [0.2, 0.25) is 6.41 Å². The van der Waals surface area contributed by atoms with E-state index >= 15 is 0 Å². The second-order valence-corrected chi connectivity index (χ2v) is 6.92. The van der Waals surface area contributed by atoms with E-state index in [1.165, 1.54) is 0 Å². The summed E-state index contributed by atoms with van der Waals surface area (Å²) in [5, 5.41) is 1.91. The molecular weight excluding hydrogens is 284 g/mol. The van der Waals surface area contributed by atoms with Crippen molar-refractivity contribution in [1.82, 2.24) is 20.2 Å². The summed E-state index contributed by atoms with van der Waals surface area (Å²) in [6, 6.07) is 0. The number of carbonyl (C=O) groups excluding carboxylic acids is 2. The third-order valence-corrected chi connectivity index (χ3v) is 4.07. The number of piperazine rings is 1. The molecule has 0 spiro atoms. The summed E-state index contributed by atoms with van der Waals surface area (Å²) in [5.41, 5.74) is 2.23. The number of rotatable bonds is 3. The van der Waals surface area contributed by atoms with Crippen molar-refractivity contribution in [1.29, 1.82) is 0 Å². The van der Waals surface area contributed by atoms with Crippen LogP contribution < -0.4 is 5.43 Å². The molecule has 0 aliphatic carbocycles. The summed E-state index contributed by atoms with van der Waals surface area (Å²) in [7, 11) is 0. The number of amides is 2. The lowest BCUT2D eigenvalue weighted by molar-refractivity contribution is -0.115. The Kier molecular flexibility index (Phi) is 5.63. The van der Waals surface area contributed by atoms with E-state index in [4.69, 9.17) is 4.74 Å². The van der Waals surface area contributed by atoms with Crippen LogP contribution in [0.25, 0.3) is 0 Å². The quantitative estimate of drug-likeness (QED) is 0.788. The van der Waals surface area contributed by atoms with Crippen LogP contribution in [0.15, 0.2) is 0 Å². The minimum atomic E-state index is -0.467. The molecule has 1 unspecified atom stereocenters. The zero-order valence-corrected chi connectivity index (χ0v) is 13.9. The van der Waals surface area contributed by atoms with Crippen molar-refractivity contribution < 1.29 is 14.3 Å². The first-order valence-electron chi connectivity index (χ1n) is 8.09. The fourth-order valence-corrected chi connectivity index (χ4v) is 3.05. The van der Waals surface area contributed by atoms with E-state index in [0.29, 0.717) is 6.41 Å². The van der Waals surface area contributed by atoms with Gasteiger partial charge < -0.3 is 4.74 Å². The number of nitrogens with one attached hydrogen (secondary N) is 1. The Hall–Kier alpha value is -1.34. The number of hydrazine groups is 1. The molecule has 126 valence electrons. The highest BCUT2D eigenvalue weighted by molar-refractivity contribution is 5.68. The molecule has 2 amide bonds. The molecule has 2 fully saturated rings. The second-order valence-electron chi connectivity index (χ2n) is 6.92. The van der Waals surface area contributed by atoms with Crippen molar-refractivity contribution in [3.63, 3.8) is 0 Å². The predicted molar refractivity (Wildman–Crippen MR) is 82.9 cm³/mol. The lowest BCUT2D eigenvalue weighted by atomic mass is 10.1. The van der Waals surface area contributed by atoms with Crippen LogP contribution in [0, 0.1) is 0 Å². The predicted octanol–water partition coefficient (Wildman–Crippen LogP) is 1.01. The van der Waals surface area contributed by atoms with Gasteiger partial charge in [-0.05, 0) is 40.0 Å². The fraction of sp³-hybridized carbons (Fsp3) is 0.867. The molecule has 2 aliphatic heterocycles. The van der Waals surface area contributed by atoms with Crippen LogP contribution in [-0.4, -0.2) is 71.8 Å². The highest BCUT2D eigenvalue weighted by Crippen LogP contribution is 2.23. The number of ether oxygens (including phenoxy) is 1. The van der Waals surface area contributed by atoms with Crippen LogP contribution in [0.4, 0.5) is 4.79 Å². The minimum Gasteiger partial charge on any atom is -0.444 e. The maximum Gasteiger partial charge on any atom is 0.411 e. The van der Waals surface area contributed by atoms with E-state index in [2.05, 4.69) is 10.3 Å². The molecule has 7 heteroatoms. The highest BCUT2D eigenvalue weighted by atomic mass is 16.6. The van der Waals surface area contributed by atoms with Gasteiger partial charge in [0.25, 0.3) is 0 Å². The maximum absolute atomic E-state index is 12.4. The molecule has 1 atom stereocenters. The molecule has 22 heavy (non-hydrogen) atoms. The molecule has 0 aromatic rings. The normalized spacial score (nSPS) is 24.9. The van der Waals surface area contributed by atoms with Crippen molar-refractivity contribution in [2.75, 3.05) is 32.7 Å². The van der Waals surface area contributed by atoms with Crippen molar-refractivity contribution in [2.24, 2.45) is 0 Å². The summed E-state index contributed by atoms with van der Waals surface area (Å²) in [4.78, 5) is 27.1. The first-order chi connectivity index (χ1) is 10.4. The molecule has 7 nitrogen and oxygen atoms in total. The molecule has 2 aliphatic rings. The van der Waals surface area contributed by atoms with Crippen molar-refractivity contribution in [3.05, 3.63) is 0 Å². The Morgan fingerprint density at radius 3 is 2.41 bits per heavy atom. The first-order valence-corrected chi connectivity index (χ1v) is 8.09. The lowest BCUT2D eigenvalue weighted by Crippen LogP contribution is -2.60. The third-order valence-electron chi connectivity index (χ3n) is 4.07. The van der Waals surface area contributed by atoms with Crippen LogP contribution in [0.2, 0.25) is 0 Å². The Bertz CT molecular complexity index is 389. The largest absolute Gasteiger partial charge is 0.444 e. The Morgan fingerprint density at radius 2 is 1.82 bits per heavy atom. The van der Waals surface area contributed by atoms with E-state index in [1.807, 2.05) is 30.7 Å². The second kappa shape index (κ2) is 7.28. The van der Waals surface area contributed by atoms with Crippen LogP contribution in [0.5, 0.6) is 0 Å². The number of hydrogen-bond donors (Lipinski definition) is 1. The molecule has 1 N–H and O–H groups in total. The summed E-state index contributed by atoms with van der Waals surface area (Å²) in [6.45, 7) is 9.67. The standard InChI is InChI=1S/C15H28N4O3/c1-15(2,3)22-14(21)19-7-5-4-6-13(19)17-8-10-18(11-9-17)16-12-20/h12-13H,4-11H2,1-3H3,(H,16,20).